The van der Waals surface area contributed by atoms with Crippen molar-refractivity contribution in [3.8, 4) is 5.75 Å². The number of anilines is 1. The van der Waals surface area contributed by atoms with Crippen LogP contribution in [0.2, 0.25) is 15.1 Å². The number of ether oxygens (including phenoxy) is 1. The van der Waals surface area contributed by atoms with E-state index in [-0.39, 0.29) is 5.11 Å². The van der Waals surface area contributed by atoms with Gasteiger partial charge >= 0.3 is 0 Å². The molecule has 0 saturated heterocycles. The molecule has 0 aliphatic carbocycles. The minimum atomic E-state index is -0.411. The van der Waals surface area contributed by atoms with Gasteiger partial charge in [0.25, 0.3) is 5.91 Å². The number of methoxy groups -OCH3 is 1. The number of carbonyl (C=O) groups is 1. The fourth-order valence-electron chi connectivity index (χ4n) is 2.23. The van der Waals surface area contributed by atoms with Crippen molar-refractivity contribution in [2.75, 3.05) is 12.4 Å². The Balaban J connectivity index is 1.79. The van der Waals surface area contributed by atoms with Crippen molar-refractivity contribution in [1.82, 2.24) is 5.32 Å². The van der Waals surface area contributed by atoms with Gasteiger partial charge in [-0.05, 0) is 48.6 Å². The van der Waals surface area contributed by atoms with Crippen molar-refractivity contribution < 1.29 is 9.53 Å². The van der Waals surface area contributed by atoms with Crippen LogP contribution < -0.4 is 15.4 Å². The van der Waals surface area contributed by atoms with E-state index in [1.807, 2.05) is 12.1 Å². The van der Waals surface area contributed by atoms with Gasteiger partial charge in [-0.2, -0.15) is 0 Å². The minimum Gasteiger partial charge on any atom is -0.497 e. The smallest absolute Gasteiger partial charge is 0.269 e. The summed E-state index contributed by atoms with van der Waals surface area (Å²) in [5, 5.41) is 7.60. The van der Waals surface area contributed by atoms with Crippen molar-refractivity contribution in [3.05, 3.63) is 56.3 Å². The number of thiocarbonyl (C=S) groups is 1. The maximum Gasteiger partial charge on any atom is 0.269 e. The highest BCUT2D eigenvalue weighted by atomic mass is 35.5. The van der Waals surface area contributed by atoms with E-state index in [0.717, 1.165) is 10.1 Å². The van der Waals surface area contributed by atoms with Crippen molar-refractivity contribution >= 4 is 85.2 Å². The van der Waals surface area contributed by atoms with Gasteiger partial charge in [0.1, 0.15) is 10.6 Å². The van der Waals surface area contributed by atoms with Gasteiger partial charge < -0.3 is 10.1 Å². The second kappa shape index (κ2) is 7.98. The fourth-order valence-corrected chi connectivity index (χ4v) is 4.21. The number of nitrogens with one attached hydrogen (secondary N) is 2. The number of fused-ring (bicyclic) bond motifs is 1. The molecule has 2 aromatic carbocycles. The first-order valence-electron chi connectivity index (χ1n) is 7.22. The fraction of sp³-hybridized carbons (Fsp3) is 0.0588. The maximum absolute atomic E-state index is 12.5. The topological polar surface area (TPSA) is 50.4 Å². The van der Waals surface area contributed by atoms with Gasteiger partial charge in [-0.3, -0.25) is 10.1 Å². The summed E-state index contributed by atoms with van der Waals surface area (Å²) in [5.74, 6) is 0.279. The van der Waals surface area contributed by atoms with Crippen molar-refractivity contribution in [2.24, 2.45) is 0 Å². The summed E-state index contributed by atoms with van der Waals surface area (Å²) in [7, 11) is 1.58. The molecular formula is C17H11Cl3N2O2S2. The van der Waals surface area contributed by atoms with E-state index in [9.17, 15) is 4.79 Å². The molecule has 3 aromatic rings. The van der Waals surface area contributed by atoms with Crippen LogP contribution in [0.25, 0.3) is 10.1 Å². The molecule has 0 radical (unpaired) electrons. The predicted molar refractivity (Wildman–Crippen MR) is 114 cm³/mol. The molecule has 2 N–H and O–H groups in total. The Labute approximate surface area is 174 Å². The minimum absolute atomic E-state index is 0.0882. The van der Waals surface area contributed by atoms with Gasteiger partial charge in [0.15, 0.2) is 5.11 Å². The molecule has 0 aliphatic heterocycles. The number of hydrogen-bond donors (Lipinski definition) is 2. The molecule has 0 aliphatic rings. The number of halogens is 3. The zero-order valence-corrected chi connectivity index (χ0v) is 17.1. The summed E-state index contributed by atoms with van der Waals surface area (Å²) in [5.41, 5.74) is 0.497. The van der Waals surface area contributed by atoms with E-state index >= 15 is 0 Å². The number of hydrogen-bond acceptors (Lipinski definition) is 4. The van der Waals surface area contributed by atoms with Crippen LogP contribution in [-0.2, 0) is 0 Å². The van der Waals surface area contributed by atoms with Gasteiger partial charge in [-0.15, -0.1) is 11.3 Å². The highest BCUT2D eigenvalue weighted by Crippen LogP contribution is 2.37. The average Bonchev–Trinajstić information content (AvgIpc) is 2.94. The van der Waals surface area contributed by atoms with Crippen LogP contribution in [0.4, 0.5) is 5.69 Å². The first kappa shape index (κ1) is 19.2. The van der Waals surface area contributed by atoms with E-state index in [0.29, 0.717) is 31.4 Å². The Hall–Kier alpha value is -1.57. The molecular weight excluding hydrogens is 435 g/mol. The van der Waals surface area contributed by atoms with Crippen LogP contribution >= 0.6 is 58.4 Å². The van der Waals surface area contributed by atoms with E-state index in [4.69, 9.17) is 51.8 Å². The number of thiophene rings is 1. The predicted octanol–water partition coefficient (Wildman–Crippen LogP) is 6.00. The lowest BCUT2D eigenvalue weighted by atomic mass is 10.2. The molecule has 1 aromatic heterocycles. The highest BCUT2D eigenvalue weighted by Gasteiger charge is 2.18. The SMILES string of the molecule is COc1ccc2c(Cl)c(C(=O)NC(=S)Nc3cc(Cl)ccc3Cl)sc2c1. The third-order valence-corrected chi connectivity index (χ3v) is 5.87. The van der Waals surface area contributed by atoms with E-state index in [1.165, 1.54) is 11.3 Å². The summed E-state index contributed by atoms with van der Waals surface area (Å²) < 4.78 is 6.04. The molecule has 0 bridgehead atoms. The Morgan fingerprint density at radius 2 is 1.92 bits per heavy atom. The highest BCUT2D eigenvalue weighted by molar-refractivity contribution is 7.80. The van der Waals surface area contributed by atoms with Gasteiger partial charge in [-0.1, -0.05) is 34.8 Å². The zero-order chi connectivity index (χ0) is 18.8. The van der Waals surface area contributed by atoms with Crippen LogP contribution in [-0.4, -0.2) is 18.1 Å². The molecule has 26 heavy (non-hydrogen) atoms. The van der Waals surface area contributed by atoms with E-state index in [1.54, 1.807) is 31.4 Å². The van der Waals surface area contributed by atoms with Crippen molar-refractivity contribution in [2.45, 2.75) is 0 Å². The third-order valence-electron chi connectivity index (χ3n) is 3.45. The molecule has 0 saturated carbocycles. The molecule has 0 fully saturated rings. The summed E-state index contributed by atoms with van der Waals surface area (Å²) in [6.45, 7) is 0. The summed E-state index contributed by atoms with van der Waals surface area (Å²) >= 11 is 24.8. The van der Waals surface area contributed by atoms with Crippen LogP contribution in [0.5, 0.6) is 5.75 Å². The quantitative estimate of drug-likeness (QED) is 0.486. The summed E-state index contributed by atoms with van der Waals surface area (Å²) in [6, 6.07) is 10.3. The normalized spacial score (nSPS) is 10.6. The van der Waals surface area contributed by atoms with Crippen LogP contribution in [0.15, 0.2) is 36.4 Å². The molecule has 0 atom stereocenters. The van der Waals surface area contributed by atoms with Gasteiger partial charge in [0.05, 0.1) is 22.8 Å². The summed E-state index contributed by atoms with van der Waals surface area (Å²) in [4.78, 5) is 12.9. The zero-order valence-electron chi connectivity index (χ0n) is 13.2. The van der Waals surface area contributed by atoms with Crippen LogP contribution in [0.3, 0.4) is 0 Å². The number of carbonyl (C=O) groups excluding carboxylic acids is 1. The Kier molecular flexibility index (Phi) is 5.89. The Morgan fingerprint density at radius 1 is 1.15 bits per heavy atom. The maximum atomic E-state index is 12.5. The van der Waals surface area contributed by atoms with Crippen molar-refractivity contribution in [1.29, 1.82) is 0 Å². The second-order valence-corrected chi connectivity index (χ2v) is 7.82. The van der Waals surface area contributed by atoms with Crippen molar-refractivity contribution in [3.63, 3.8) is 0 Å². The number of benzene rings is 2. The lowest BCUT2D eigenvalue weighted by Gasteiger charge is -2.10. The average molecular weight is 446 g/mol. The summed E-state index contributed by atoms with van der Waals surface area (Å²) in [6.07, 6.45) is 0. The molecule has 0 spiro atoms. The monoisotopic (exact) mass is 444 g/mol. The number of amides is 1. The first-order chi connectivity index (χ1) is 12.4. The molecule has 1 heterocycles. The lowest BCUT2D eigenvalue weighted by molar-refractivity contribution is 0.0982. The molecule has 0 unspecified atom stereocenters. The van der Waals surface area contributed by atoms with E-state index < -0.39 is 5.91 Å². The molecule has 1 amide bonds. The Bertz CT molecular complexity index is 1020. The van der Waals surface area contributed by atoms with E-state index in [2.05, 4.69) is 10.6 Å². The molecule has 4 nitrogen and oxygen atoms in total. The standard InChI is InChI=1S/C17H11Cl3N2O2S2/c1-24-9-3-4-10-13(7-9)26-15(14(10)20)16(23)22-17(25)21-12-6-8(18)2-5-11(12)19/h2-7H,1H3,(H2,21,22,23,25). The van der Waals surface area contributed by atoms with Gasteiger partial charge in [-0.25, -0.2) is 0 Å². The molecule has 134 valence electrons. The number of rotatable bonds is 3. The Morgan fingerprint density at radius 3 is 2.65 bits per heavy atom. The van der Waals surface area contributed by atoms with Crippen LogP contribution in [0.1, 0.15) is 9.67 Å². The second-order valence-electron chi connectivity index (χ2n) is 5.14. The lowest BCUT2D eigenvalue weighted by Crippen LogP contribution is -2.33. The largest absolute Gasteiger partial charge is 0.497 e. The molecule has 3 rings (SSSR count). The van der Waals surface area contributed by atoms with Gasteiger partial charge in [0.2, 0.25) is 0 Å². The van der Waals surface area contributed by atoms with Gasteiger partial charge in [0, 0.05) is 15.1 Å². The third kappa shape index (κ3) is 4.05. The van der Waals surface area contributed by atoms with Crippen LogP contribution in [0, 0.1) is 0 Å². The molecule has 9 heteroatoms. The first-order valence-corrected chi connectivity index (χ1v) is 9.58.